The summed E-state index contributed by atoms with van der Waals surface area (Å²) in [5.41, 5.74) is 4.29. The minimum Gasteiger partial charge on any atom is -0.335 e. The monoisotopic (exact) mass is 360 g/mol. The maximum Gasteiger partial charge on any atom is 0.246 e. The molecule has 4 heterocycles. The first-order valence-corrected chi connectivity index (χ1v) is 9.04. The molecule has 2 aromatic rings. The quantitative estimate of drug-likeness (QED) is 0.854. The van der Waals surface area contributed by atoms with Crippen LogP contribution in [0.15, 0.2) is 48.9 Å². The maximum atomic E-state index is 12.5. The molecule has 1 N–H and O–H groups in total. The predicted molar refractivity (Wildman–Crippen MR) is 104 cm³/mol. The van der Waals surface area contributed by atoms with Crippen LogP contribution in [-0.2, 0) is 16.0 Å². The van der Waals surface area contributed by atoms with E-state index in [2.05, 4.69) is 21.4 Å². The number of amides is 2. The average Bonchev–Trinajstić information content (AvgIpc) is 2.72. The number of nitrogens with one attached hydrogen (secondary N) is 1. The van der Waals surface area contributed by atoms with Crippen molar-refractivity contribution in [2.75, 3.05) is 18.4 Å². The van der Waals surface area contributed by atoms with Crippen LogP contribution in [0.25, 0.3) is 11.6 Å². The van der Waals surface area contributed by atoms with Gasteiger partial charge in [0.25, 0.3) is 0 Å². The third kappa shape index (κ3) is 3.95. The number of aryl methyl sites for hydroxylation is 1. The van der Waals surface area contributed by atoms with Gasteiger partial charge in [-0.05, 0) is 59.4 Å². The van der Waals surface area contributed by atoms with Crippen molar-refractivity contribution in [2.45, 2.75) is 19.3 Å². The van der Waals surface area contributed by atoms with Crippen molar-refractivity contribution in [1.29, 1.82) is 0 Å². The molecule has 0 atom stereocenters. The number of aromatic nitrogens is 2. The molecule has 0 saturated carbocycles. The second-order valence-electron chi connectivity index (χ2n) is 6.66. The molecular formula is C21H20N4O2. The van der Waals surface area contributed by atoms with E-state index in [1.807, 2.05) is 23.1 Å². The lowest BCUT2D eigenvalue weighted by molar-refractivity contribution is -0.125. The lowest BCUT2D eigenvalue weighted by atomic mass is 10.0. The summed E-state index contributed by atoms with van der Waals surface area (Å²) in [6.07, 6.45) is 12.7. The van der Waals surface area contributed by atoms with E-state index in [9.17, 15) is 9.59 Å². The van der Waals surface area contributed by atoms with Gasteiger partial charge in [0.15, 0.2) is 0 Å². The normalized spacial score (nSPS) is 16.7. The fraction of sp³-hybridized carbons (Fsp3) is 0.238. The molecule has 0 bridgehead atoms. The number of rotatable bonds is 3. The Bertz CT molecular complexity index is 934. The Morgan fingerprint density at radius 1 is 1.19 bits per heavy atom. The van der Waals surface area contributed by atoms with Crippen LogP contribution in [-0.4, -0.2) is 39.8 Å². The fourth-order valence-corrected chi connectivity index (χ4v) is 3.34. The van der Waals surface area contributed by atoms with E-state index in [4.69, 9.17) is 0 Å². The summed E-state index contributed by atoms with van der Waals surface area (Å²) in [4.78, 5) is 34.0. The zero-order valence-corrected chi connectivity index (χ0v) is 14.9. The molecule has 0 radical (unpaired) electrons. The van der Waals surface area contributed by atoms with E-state index < -0.39 is 0 Å². The van der Waals surface area contributed by atoms with Crippen molar-refractivity contribution in [3.8, 4) is 0 Å². The number of hydrogen-bond acceptors (Lipinski definition) is 4. The highest BCUT2D eigenvalue weighted by molar-refractivity contribution is 5.94. The number of nitrogens with zero attached hydrogens (tertiary/aromatic N) is 3. The van der Waals surface area contributed by atoms with Crippen LogP contribution in [0.4, 0.5) is 5.82 Å². The van der Waals surface area contributed by atoms with E-state index in [1.165, 1.54) is 11.1 Å². The van der Waals surface area contributed by atoms with Gasteiger partial charge in [0.05, 0.1) is 0 Å². The van der Waals surface area contributed by atoms with Crippen molar-refractivity contribution in [3.63, 3.8) is 0 Å². The Kier molecular flexibility index (Phi) is 4.78. The molecular weight excluding hydrogens is 340 g/mol. The second kappa shape index (κ2) is 7.53. The Labute approximate surface area is 157 Å². The Balaban J connectivity index is 1.40. The zero-order valence-electron chi connectivity index (χ0n) is 14.9. The molecule has 2 aliphatic rings. The third-order valence-electron chi connectivity index (χ3n) is 4.86. The van der Waals surface area contributed by atoms with Gasteiger partial charge < -0.3 is 10.2 Å². The molecule has 27 heavy (non-hydrogen) atoms. The standard InChI is InChI=1S/C21H20N4O2/c26-19-3-2-18-13-15(14-23-21(18)24-19)1-4-20(27)25-11-7-17(8-12-25)16-5-9-22-10-6-16/h1,4-7,9-10,13-14H,2-3,8,11-12H2,(H,23,24,26). The van der Waals surface area contributed by atoms with Gasteiger partial charge in [-0.1, -0.05) is 6.08 Å². The molecule has 0 aromatic carbocycles. The summed E-state index contributed by atoms with van der Waals surface area (Å²) >= 11 is 0. The van der Waals surface area contributed by atoms with E-state index in [-0.39, 0.29) is 11.8 Å². The highest BCUT2D eigenvalue weighted by atomic mass is 16.2. The molecule has 6 nitrogen and oxygen atoms in total. The van der Waals surface area contributed by atoms with Crippen LogP contribution in [0.2, 0.25) is 0 Å². The number of anilines is 1. The van der Waals surface area contributed by atoms with Crippen molar-refractivity contribution < 1.29 is 9.59 Å². The first-order valence-electron chi connectivity index (χ1n) is 9.04. The van der Waals surface area contributed by atoms with Crippen molar-refractivity contribution in [3.05, 3.63) is 65.6 Å². The Hall–Kier alpha value is -3.28. The van der Waals surface area contributed by atoms with Gasteiger partial charge in [-0.3, -0.25) is 14.6 Å². The average molecular weight is 360 g/mol. The minimum absolute atomic E-state index is 0.00208. The summed E-state index contributed by atoms with van der Waals surface area (Å²) in [6.45, 7) is 1.31. The molecule has 2 amide bonds. The lowest BCUT2D eigenvalue weighted by Gasteiger charge is -2.25. The van der Waals surface area contributed by atoms with Crippen molar-refractivity contribution in [2.24, 2.45) is 0 Å². The Morgan fingerprint density at radius 2 is 2.04 bits per heavy atom. The predicted octanol–water partition coefficient (Wildman–Crippen LogP) is 2.69. The topological polar surface area (TPSA) is 75.2 Å². The van der Waals surface area contributed by atoms with Crippen LogP contribution in [0.1, 0.15) is 29.5 Å². The van der Waals surface area contributed by atoms with Crippen LogP contribution >= 0.6 is 0 Å². The highest BCUT2D eigenvalue weighted by Crippen LogP contribution is 2.23. The molecule has 136 valence electrons. The summed E-state index contributed by atoms with van der Waals surface area (Å²) < 4.78 is 0. The largest absolute Gasteiger partial charge is 0.335 e. The smallest absolute Gasteiger partial charge is 0.246 e. The van der Waals surface area contributed by atoms with E-state index in [1.54, 1.807) is 30.7 Å². The highest BCUT2D eigenvalue weighted by Gasteiger charge is 2.17. The Morgan fingerprint density at radius 3 is 2.81 bits per heavy atom. The SMILES string of the molecule is O=C1CCc2cc(C=CC(=O)N3CC=C(c4ccncc4)CC3)cnc2N1. The molecule has 0 aliphatic carbocycles. The van der Waals surface area contributed by atoms with Gasteiger partial charge in [0.1, 0.15) is 5.82 Å². The number of carbonyl (C=O) groups is 2. The summed E-state index contributed by atoms with van der Waals surface area (Å²) in [6, 6.07) is 5.96. The fourth-order valence-electron chi connectivity index (χ4n) is 3.34. The number of fused-ring (bicyclic) bond motifs is 1. The molecule has 0 spiro atoms. The van der Waals surface area contributed by atoms with Crippen LogP contribution < -0.4 is 5.32 Å². The van der Waals surface area contributed by atoms with Gasteiger partial charge >= 0.3 is 0 Å². The zero-order chi connectivity index (χ0) is 18.6. The molecule has 0 fully saturated rings. The maximum absolute atomic E-state index is 12.5. The van der Waals surface area contributed by atoms with Crippen LogP contribution in [0.5, 0.6) is 0 Å². The minimum atomic E-state index is -0.00829. The van der Waals surface area contributed by atoms with Gasteiger partial charge in [-0.2, -0.15) is 0 Å². The molecule has 2 aliphatic heterocycles. The number of carbonyl (C=O) groups excluding carboxylic acids is 2. The lowest BCUT2D eigenvalue weighted by Crippen LogP contribution is -2.33. The van der Waals surface area contributed by atoms with E-state index >= 15 is 0 Å². The van der Waals surface area contributed by atoms with E-state index in [0.717, 1.165) is 17.5 Å². The molecule has 0 unspecified atom stereocenters. The molecule has 4 rings (SSSR count). The number of hydrogen-bond donors (Lipinski definition) is 1. The first-order chi connectivity index (χ1) is 13.2. The summed E-state index contributed by atoms with van der Waals surface area (Å²) in [5.74, 6) is 0.614. The van der Waals surface area contributed by atoms with Gasteiger partial charge in [-0.25, -0.2) is 4.98 Å². The van der Waals surface area contributed by atoms with Crippen molar-refractivity contribution in [1.82, 2.24) is 14.9 Å². The van der Waals surface area contributed by atoms with Crippen LogP contribution in [0, 0.1) is 0 Å². The van der Waals surface area contributed by atoms with Gasteiger partial charge in [0, 0.05) is 44.2 Å². The summed E-state index contributed by atoms with van der Waals surface area (Å²) in [7, 11) is 0. The molecule has 2 aromatic heterocycles. The first kappa shape index (κ1) is 17.1. The van der Waals surface area contributed by atoms with Gasteiger partial charge in [-0.15, -0.1) is 0 Å². The molecule has 0 saturated heterocycles. The van der Waals surface area contributed by atoms with E-state index in [0.29, 0.717) is 31.7 Å². The second-order valence-corrected chi connectivity index (χ2v) is 6.66. The third-order valence-corrected chi connectivity index (χ3v) is 4.86. The van der Waals surface area contributed by atoms with Crippen molar-refractivity contribution >= 4 is 29.3 Å². The summed E-state index contributed by atoms with van der Waals surface area (Å²) in [5, 5.41) is 2.76. The van der Waals surface area contributed by atoms with Crippen LogP contribution in [0.3, 0.4) is 0 Å². The molecule has 6 heteroatoms. The number of pyridine rings is 2. The van der Waals surface area contributed by atoms with Gasteiger partial charge in [0.2, 0.25) is 11.8 Å².